The molecule has 0 aliphatic carbocycles. The van der Waals surface area contributed by atoms with E-state index in [1.165, 1.54) is 0 Å². The van der Waals surface area contributed by atoms with Gasteiger partial charge in [-0.25, -0.2) is 4.79 Å². The Morgan fingerprint density at radius 2 is 1.79 bits per heavy atom. The summed E-state index contributed by atoms with van der Waals surface area (Å²) in [6.45, 7) is 3.16. The highest BCUT2D eigenvalue weighted by atomic mass is 35.5. The summed E-state index contributed by atoms with van der Waals surface area (Å²) in [5, 5.41) is 6.07. The van der Waals surface area contributed by atoms with Crippen LogP contribution in [0.25, 0.3) is 0 Å². The Morgan fingerprint density at radius 1 is 1.14 bits per heavy atom. The van der Waals surface area contributed by atoms with Gasteiger partial charge in [-0.15, -0.1) is 0 Å². The molecule has 0 saturated carbocycles. The molecule has 6 nitrogen and oxygen atoms in total. The highest BCUT2D eigenvalue weighted by Gasteiger charge is 2.47. The number of hydrogen-bond donors (Lipinski definition) is 2. The van der Waals surface area contributed by atoms with Crippen molar-refractivity contribution in [2.45, 2.75) is 38.3 Å². The summed E-state index contributed by atoms with van der Waals surface area (Å²) in [4.78, 5) is 38.6. The Labute approximate surface area is 175 Å². The van der Waals surface area contributed by atoms with E-state index in [2.05, 4.69) is 10.6 Å². The smallest absolute Gasteiger partial charge is 0.325 e. The number of carbonyl (C=O) groups excluding carboxylic acids is 3. The number of halogens is 1. The van der Waals surface area contributed by atoms with E-state index < -0.39 is 17.5 Å². The van der Waals surface area contributed by atoms with Gasteiger partial charge in [0.15, 0.2) is 0 Å². The minimum absolute atomic E-state index is 0.333. The maximum absolute atomic E-state index is 12.8. The van der Waals surface area contributed by atoms with Crippen molar-refractivity contribution >= 4 is 29.4 Å². The van der Waals surface area contributed by atoms with E-state index in [4.69, 9.17) is 11.6 Å². The second-order valence-corrected chi connectivity index (χ2v) is 7.86. The lowest BCUT2D eigenvalue weighted by atomic mass is 9.93. The van der Waals surface area contributed by atoms with Gasteiger partial charge < -0.3 is 10.6 Å². The van der Waals surface area contributed by atoms with Crippen LogP contribution in [0.3, 0.4) is 0 Å². The third-order valence-electron chi connectivity index (χ3n) is 5.15. The van der Waals surface area contributed by atoms with Crippen molar-refractivity contribution in [3.63, 3.8) is 0 Å². The number of benzene rings is 2. The first-order chi connectivity index (χ1) is 13.8. The molecule has 7 heteroatoms. The second kappa shape index (κ2) is 8.66. The van der Waals surface area contributed by atoms with Crippen LogP contribution in [0.4, 0.5) is 4.79 Å². The molecule has 1 aliphatic rings. The van der Waals surface area contributed by atoms with Crippen molar-refractivity contribution in [1.29, 1.82) is 0 Å². The van der Waals surface area contributed by atoms with E-state index in [0.29, 0.717) is 17.9 Å². The fraction of sp³-hybridized carbons (Fsp3) is 0.318. The van der Waals surface area contributed by atoms with Crippen LogP contribution in [0.5, 0.6) is 0 Å². The molecule has 2 aromatic carbocycles. The first-order valence-corrected chi connectivity index (χ1v) is 9.90. The average Bonchev–Trinajstić information content (AvgIpc) is 2.91. The first kappa shape index (κ1) is 20.9. The van der Waals surface area contributed by atoms with Gasteiger partial charge in [-0.2, -0.15) is 0 Å². The minimum atomic E-state index is -1.03. The Kier molecular flexibility index (Phi) is 6.23. The Morgan fingerprint density at radius 3 is 2.48 bits per heavy atom. The lowest BCUT2D eigenvalue weighted by Crippen LogP contribution is -2.45. The highest BCUT2D eigenvalue weighted by Crippen LogP contribution is 2.24. The number of imide groups is 1. The highest BCUT2D eigenvalue weighted by molar-refractivity contribution is 6.31. The van der Waals surface area contributed by atoms with Gasteiger partial charge in [-0.1, -0.05) is 60.1 Å². The molecule has 2 aromatic rings. The van der Waals surface area contributed by atoms with Crippen molar-refractivity contribution in [2.75, 3.05) is 6.54 Å². The van der Waals surface area contributed by atoms with Gasteiger partial charge in [-0.3, -0.25) is 14.5 Å². The number of urea groups is 1. The molecular weight excluding hydrogens is 390 g/mol. The Bertz CT molecular complexity index is 919. The largest absolute Gasteiger partial charge is 0.348 e. The van der Waals surface area contributed by atoms with E-state index in [1.807, 2.05) is 48.5 Å². The number of nitrogens with one attached hydrogen (secondary N) is 2. The van der Waals surface area contributed by atoms with Crippen molar-refractivity contribution < 1.29 is 14.4 Å². The molecule has 0 radical (unpaired) electrons. The third-order valence-corrected chi connectivity index (χ3v) is 5.50. The molecule has 4 amide bonds. The summed E-state index contributed by atoms with van der Waals surface area (Å²) < 4.78 is 0. The SMILES string of the molecule is C[C@@H](NC(=O)CN1C(=O)N[C@@](C)(CCc2ccccc2)C1=O)c1ccccc1Cl. The quantitative estimate of drug-likeness (QED) is 0.682. The van der Waals surface area contributed by atoms with Crippen LogP contribution >= 0.6 is 11.6 Å². The topological polar surface area (TPSA) is 78.5 Å². The molecule has 0 spiro atoms. The van der Waals surface area contributed by atoms with Crippen LogP contribution < -0.4 is 10.6 Å². The first-order valence-electron chi connectivity index (χ1n) is 9.52. The van der Waals surface area contributed by atoms with Gasteiger partial charge in [0, 0.05) is 5.02 Å². The van der Waals surface area contributed by atoms with Gasteiger partial charge in [0.2, 0.25) is 5.91 Å². The van der Waals surface area contributed by atoms with E-state index in [9.17, 15) is 14.4 Å². The number of nitrogens with zero attached hydrogens (tertiary/aromatic N) is 1. The molecule has 0 aromatic heterocycles. The van der Waals surface area contributed by atoms with Crippen LogP contribution in [-0.2, 0) is 16.0 Å². The summed E-state index contributed by atoms with van der Waals surface area (Å²) in [6.07, 6.45) is 1.10. The average molecular weight is 414 g/mol. The van der Waals surface area contributed by atoms with E-state index in [0.717, 1.165) is 16.0 Å². The van der Waals surface area contributed by atoms with Crippen LogP contribution in [0, 0.1) is 0 Å². The minimum Gasteiger partial charge on any atom is -0.348 e. The van der Waals surface area contributed by atoms with Crippen molar-refractivity contribution in [1.82, 2.24) is 15.5 Å². The number of hydrogen-bond acceptors (Lipinski definition) is 3. The Balaban J connectivity index is 1.60. The van der Waals surface area contributed by atoms with Crippen LogP contribution in [-0.4, -0.2) is 34.8 Å². The summed E-state index contributed by atoms with van der Waals surface area (Å²) in [5.41, 5.74) is 0.828. The van der Waals surface area contributed by atoms with E-state index >= 15 is 0 Å². The van der Waals surface area contributed by atoms with Gasteiger partial charge >= 0.3 is 6.03 Å². The molecule has 1 saturated heterocycles. The predicted octanol–water partition coefficient (Wildman–Crippen LogP) is 3.46. The molecule has 1 heterocycles. The van der Waals surface area contributed by atoms with Crippen LogP contribution in [0.1, 0.15) is 37.4 Å². The number of rotatable bonds is 7. The van der Waals surface area contributed by atoms with Gasteiger partial charge in [0.1, 0.15) is 12.1 Å². The van der Waals surface area contributed by atoms with Crippen LogP contribution in [0.15, 0.2) is 54.6 Å². The van der Waals surface area contributed by atoms with Crippen LogP contribution in [0.2, 0.25) is 5.02 Å². The predicted molar refractivity (Wildman–Crippen MR) is 111 cm³/mol. The fourth-order valence-corrected chi connectivity index (χ4v) is 3.73. The molecule has 2 N–H and O–H groups in total. The number of amides is 4. The maximum Gasteiger partial charge on any atom is 0.325 e. The fourth-order valence-electron chi connectivity index (χ4n) is 3.43. The molecule has 2 atom stereocenters. The molecule has 0 unspecified atom stereocenters. The number of carbonyl (C=O) groups is 3. The summed E-state index contributed by atoms with van der Waals surface area (Å²) >= 11 is 6.16. The zero-order valence-electron chi connectivity index (χ0n) is 16.4. The normalized spacial score (nSPS) is 19.8. The molecule has 29 heavy (non-hydrogen) atoms. The van der Waals surface area contributed by atoms with Gasteiger partial charge in [-0.05, 0) is 43.9 Å². The number of aryl methyl sites for hydroxylation is 1. The zero-order valence-corrected chi connectivity index (χ0v) is 17.2. The lowest BCUT2D eigenvalue weighted by molar-refractivity contribution is -0.134. The molecule has 0 bridgehead atoms. The third kappa shape index (κ3) is 4.77. The summed E-state index contributed by atoms with van der Waals surface area (Å²) in [6, 6.07) is 16.1. The standard InChI is InChI=1S/C22H24ClN3O3/c1-15(17-10-6-7-11-18(17)23)24-19(27)14-26-20(28)22(2,25-21(26)29)13-12-16-8-4-3-5-9-16/h3-11,15H,12-14H2,1-2H3,(H,24,27)(H,25,29)/t15-,22+/m1/s1. The van der Waals surface area contributed by atoms with Crippen molar-refractivity contribution in [3.05, 3.63) is 70.7 Å². The van der Waals surface area contributed by atoms with Gasteiger partial charge in [0.25, 0.3) is 5.91 Å². The Hall–Kier alpha value is -2.86. The monoisotopic (exact) mass is 413 g/mol. The molecule has 152 valence electrons. The van der Waals surface area contributed by atoms with E-state index in [-0.39, 0.29) is 18.5 Å². The van der Waals surface area contributed by atoms with Crippen molar-refractivity contribution in [2.24, 2.45) is 0 Å². The maximum atomic E-state index is 12.8. The van der Waals surface area contributed by atoms with Crippen molar-refractivity contribution in [3.8, 4) is 0 Å². The second-order valence-electron chi connectivity index (χ2n) is 7.45. The zero-order chi connectivity index (χ0) is 21.0. The molecule has 1 fully saturated rings. The molecule has 3 rings (SSSR count). The van der Waals surface area contributed by atoms with E-state index in [1.54, 1.807) is 19.9 Å². The van der Waals surface area contributed by atoms with Gasteiger partial charge in [0.05, 0.1) is 6.04 Å². The summed E-state index contributed by atoms with van der Waals surface area (Å²) in [7, 11) is 0. The molecular formula is C22H24ClN3O3. The summed E-state index contributed by atoms with van der Waals surface area (Å²) in [5.74, 6) is -0.813. The molecule has 1 aliphatic heterocycles. The lowest BCUT2D eigenvalue weighted by Gasteiger charge is -2.22.